The predicted octanol–water partition coefficient (Wildman–Crippen LogP) is 4.55. The van der Waals surface area contributed by atoms with Crippen molar-refractivity contribution in [3.8, 4) is 11.5 Å². The van der Waals surface area contributed by atoms with Crippen LogP contribution in [0.2, 0.25) is 0 Å². The number of aromatic hydroxyl groups is 1. The molecule has 4 rings (SSSR count). The molecule has 1 unspecified atom stereocenters. The first-order valence-corrected chi connectivity index (χ1v) is 10.5. The van der Waals surface area contributed by atoms with E-state index in [-0.39, 0.29) is 12.2 Å². The standard InChI is InChI=1S/C27H23NO5/c29-23-8-4-7-19(13-23)14-25(27(31)32)28-26(30)22-10-9-21-16-24(12-11-20(21)15-22)33-17-18-5-2-1-3-6-18/h1-13,15-16,25,29H,14,17H2,(H,28,30)(H,31,32). The van der Waals surface area contributed by atoms with E-state index in [1.807, 2.05) is 54.6 Å². The number of carbonyl (C=O) groups excluding carboxylic acids is 1. The summed E-state index contributed by atoms with van der Waals surface area (Å²) in [6, 6.07) is 25.9. The molecule has 0 fully saturated rings. The Morgan fingerprint density at radius 2 is 1.55 bits per heavy atom. The fraction of sp³-hybridized carbons (Fsp3) is 0.111. The van der Waals surface area contributed by atoms with Gasteiger partial charge in [0.25, 0.3) is 5.91 Å². The third-order valence-electron chi connectivity index (χ3n) is 5.28. The van der Waals surface area contributed by atoms with Gasteiger partial charge >= 0.3 is 5.97 Å². The number of phenolic OH excluding ortho intramolecular Hbond substituents is 1. The number of amides is 1. The maximum absolute atomic E-state index is 12.7. The summed E-state index contributed by atoms with van der Waals surface area (Å²) in [5.74, 6) is -0.855. The van der Waals surface area contributed by atoms with Crippen molar-refractivity contribution >= 4 is 22.6 Å². The van der Waals surface area contributed by atoms with Gasteiger partial charge in [-0.05, 0) is 58.3 Å². The topological polar surface area (TPSA) is 95.9 Å². The molecule has 1 atom stereocenters. The van der Waals surface area contributed by atoms with E-state index in [2.05, 4.69) is 5.32 Å². The second-order valence-electron chi connectivity index (χ2n) is 7.74. The number of hydrogen-bond acceptors (Lipinski definition) is 4. The van der Waals surface area contributed by atoms with Crippen LogP contribution in [0.15, 0.2) is 91.0 Å². The summed E-state index contributed by atoms with van der Waals surface area (Å²) in [6.07, 6.45) is 0.0607. The van der Waals surface area contributed by atoms with Crippen LogP contribution >= 0.6 is 0 Å². The Kier molecular flexibility index (Phi) is 6.55. The van der Waals surface area contributed by atoms with Gasteiger partial charge in [-0.3, -0.25) is 4.79 Å². The summed E-state index contributed by atoms with van der Waals surface area (Å²) in [7, 11) is 0. The Hall–Kier alpha value is -4.32. The van der Waals surface area contributed by atoms with Crippen molar-refractivity contribution < 1.29 is 24.5 Å². The van der Waals surface area contributed by atoms with Crippen LogP contribution in [0.1, 0.15) is 21.5 Å². The highest BCUT2D eigenvalue weighted by Gasteiger charge is 2.21. The van der Waals surface area contributed by atoms with Gasteiger partial charge in [0.05, 0.1) is 0 Å². The lowest BCUT2D eigenvalue weighted by Crippen LogP contribution is -2.42. The van der Waals surface area contributed by atoms with Crippen LogP contribution in [0.25, 0.3) is 10.8 Å². The maximum Gasteiger partial charge on any atom is 0.326 e. The summed E-state index contributed by atoms with van der Waals surface area (Å²) in [5.41, 5.74) is 2.05. The quantitative estimate of drug-likeness (QED) is 0.373. The van der Waals surface area contributed by atoms with Crippen LogP contribution in [0.3, 0.4) is 0 Å². The van der Waals surface area contributed by atoms with Crippen LogP contribution in [0.5, 0.6) is 11.5 Å². The normalized spacial score (nSPS) is 11.6. The van der Waals surface area contributed by atoms with Crippen molar-refractivity contribution in [1.82, 2.24) is 5.32 Å². The number of carboxylic acids is 1. The zero-order chi connectivity index (χ0) is 23.2. The first-order valence-electron chi connectivity index (χ1n) is 10.5. The number of carboxylic acid groups (broad SMARTS) is 1. The van der Waals surface area contributed by atoms with Gasteiger partial charge in [0, 0.05) is 12.0 Å². The molecule has 3 N–H and O–H groups in total. The molecule has 33 heavy (non-hydrogen) atoms. The lowest BCUT2D eigenvalue weighted by Gasteiger charge is -2.15. The second-order valence-corrected chi connectivity index (χ2v) is 7.74. The molecule has 6 heteroatoms. The molecule has 0 aromatic heterocycles. The highest BCUT2D eigenvalue weighted by molar-refractivity contribution is 6.00. The Balaban J connectivity index is 1.45. The molecule has 0 bridgehead atoms. The predicted molar refractivity (Wildman–Crippen MR) is 125 cm³/mol. The third kappa shape index (κ3) is 5.68. The Morgan fingerprint density at radius 3 is 2.30 bits per heavy atom. The number of aliphatic carboxylic acids is 1. The minimum Gasteiger partial charge on any atom is -0.508 e. The number of phenols is 1. The van der Waals surface area contributed by atoms with Crippen molar-refractivity contribution in [1.29, 1.82) is 0 Å². The first-order chi connectivity index (χ1) is 16.0. The van der Waals surface area contributed by atoms with Gasteiger partial charge in [-0.1, -0.05) is 54.6 Å². The van der Waals surface area contributed by atoms with Crippen molar-refractivity contribution in [3.63, 3.8) is 0 Å². The maximum atomic E-state index is 12.7. The van der Waals surface area contributed by atoms with Crippen LogP contribution in [0, 0.1) is 0 Å². The Labute approximate surface area is 191 Å². The summed E-state index contributed by atoms with van der Waals surface area (Å²) in [5, 5.41) is 23.5. The Morgan fingerprint density at radius 1 is 0.818 bits per heavy atom. The van der Waals surface area contributed by atoms with Crippen LogP contribution in [0.4, 0.5) is 0 Å². The smallest absolute Gasteiger partial charge is 0.326 e. The van der Waals surface area contributed by atoms with Gasteiger partial charge in [0.2, 0.25) is 0 Å². The minimum atomic E-state index is -1.15. The summed E-state index contributed by atoms with van der Waals surface area (Å²) in [4.78, 5) is 24.4. The fourth-order valence-electron chi connectivity index (χ4n) is 3.56. The largest absolute Gasteiger partial charge is 0.508 e. The number of rotatable bonds is 8. The van der Waals surface area contributed by atoms with Crippen molar-refractivity contribution in [3.05, 3.63) is 108 Å². The summed E-state index contributed by atoms with van der Waals surface area (Å²) < 4.78 is 5.86. The van der Waals surface area contributed by atoms with Crippen molar-refractivity contribution in [2.75, 3.05) is 0 Å². The number of benzene rings is 4. The lowest BCUT2D eigenvalue weighted by molar-refractivity contribution is -0.139. The molecule has 0 aliphatic carbocycles. The number of fused-ring (bicyclic) bond motifs is 1. The molecule has 0 radical (unpaired) electrons. The van der Waals surface area contributed by atoms with E-state index in [9.17, 15) is 19.8 Å². The van der Waals surface area contributed by atoms with Crippen LogP contribution in [-0.4, -0.2) is 28.1 Å². The SMILES string of the molecule is O=C(NC(Cc1cccc(O)c1)C(=O)O)c1ccc2cc(OCc3ccccc3)ccc2c1. The average Bonchev–Trinajstić information content (AvgIpc) is 2.82. The average molecular weight is 441 g/mol. The lowest BCUT2D eigenvalue weighted by atomic mass is 10.0. The Bertz CT molecular complexity index is 1290. The fourth-order valence-corrected chi connectivity index (χ4v) is 3.56. The number of ether oxygens (including phenoxy) is 1. The molecule has 0 aliphatic rings. The van der Waals surface area contributed by atoms with Gasteiger partial charge in [-0.15, -0.1) is 0 Å². The molecule has 0 saturated heterocycles. The van der Waals surface area contributed by atoms with Gasteiger partial charge in [0.15, 0.2) is 0 Å². The first kappa shape index (κ1) is 21.9. The van der Waals surface area contributed by atoms with E-state index in [0.717, 1.165) is 22.1 Å². The molecule has 0 aliphatic heterocycles. The van der Waals surface area contributed by atoms with Gasteiger partial charge < -0.3 is 20.3 Å². The van der Waals surface area contributed by atoms with E-state index < -0.39 is 17.9 Å². The van der Waals surface area contributed by atoms with E-state index in [1.165, 1.54) is 12.1 Å². The minimum absolute atomic E-state index is 0.0459. The molecular weight excluding hydrogens is 418 g/mol. The van der Waals surface area contributed by atoms with E-state index >= 15 is 0 Å². The molecule has 1 amide bonds. The highest BCUT2D eigenvalue weighted by Crippen LogP contribution is 2.23. The van der Waals surface area contributed by atoms with Gasteiger partial charge in [-0.25, -0.2) is 4.79 Å². The zero-order valence-corrected chi connectivity index (χ0v) is 17.8. The second kappa shape index (κ2) is 9.87. The molecular formula is C27H23NO5. The summed E-state index contributed by atoms with van der Waals surface area (Å²) >= 11 is 0. The monoisotopic (exact) mass is 441 g/mol. The van der Waals surface area contributed by atoms with Gasteiger partial charge in [0.1, 0.15) is 24.1 Å². The molecule has 0 spiro atoms. The number of hydrogen-bond donors (Lipinski definition) is 3. The van der Waals surface area contributed by atoms with E-state index in [1.54, 1.807) is 24.3 Å². The van der Waals surface area contributed by atoms with E-state index in [4.69, 9.17) is 4.74 Å². The third-order valence-corrected chi connectivity index (χ3v) is 5.28. The molecule has 6 nitrogen and oxygen atoms in total. The zero-order valence-electron chi connectivity index (χ0n) is 17.8. The van der Waals surface area contributed by atoms with Crippen LogP contribution < -0.4 is 10.1 Å². The highest BCUT2D eigenvalue weighted by atomic mass is 16.5. The van der Waals surface area contributed by atoms with Gasteiger partial charge in [-0.2, -0.15) is 0 Å². The van der Waals surface area contributed by atoms with Crippen molar-refractivity contribution in [2.24, 2.45) is 0 Å². The molecule has 0 heterocycles. The van der Waals surface area contributed by atoms with Crippen molar-refractivity contribution in [2.45, 2.75) is 19.1 Å². The number of carbonyl (C=O) groups is 2. The molecule has 4 aromatic carbocycles. The van der Waals surface area contributed by atoms with Crippen LogP contribution in [-0.2, 0) is 17.8 Å². The number of nitrogens with one attached hydrogen (secondary N) is 1. The summed E-state index contributed by atoms with van der Waals surface area (Å²) in [6.45, 7) is 0.461. The molecule has 166 valence electrons. The molecule has 4 aromatic rings. The molecule has 0 saturated carbocycles. The van der Waals surface area contributed by atoms with E-state index in [0.29, 0.717) is 17.7 Å².